The maximum absolute atomic E-state index is 11.7. The summed E-state index contributed by atoms with van der Waals surface area (Å²) in [6.07, 6.45) is -0.0901. The molecule has 0 bridgehead atoms. The fraction of sp³-hybridized carbons (Fsp3) is 0.778. The molecular weight excluding hydrogens is 264 g/mol. The monoisotopic (exact) mass is 280 g/mol. The number of hydrogen-bond donors (Lipinski definition) is 3. The second kappa shape index (κ2) is 6.01. The summed E-state index contributed by atoms with van der Waals surface area (Å²) in [5.74, 6) is -1.46. The van der Waals surface area contributed by atoms with Crippen LogP contribution in [0.1, 0.15) is 6.42 Å². The molecule has 2 amide bonds. The lowest BCUT2D eigenvalue weighted by Gasteiger charge is -2.28. The van der Waals surface area contributed by atoms with E-state index in [0.29, 0.717) is 0 Å². The Morgan fingerprint density at radius 2 is 1.83 bits per heavy atom. The van der Waals surface area contributed by atoms with E-state index in [2.05, 4.69) is 5.32 Å². The summed E-state index contributed by atoms with van der Waals surface area (Å²) < 4.78 is 22.3. The number of amides is 2. The third-order valence-electron chi connectivity index (χ3n) is 2.65. The SMILES string of the molecule is O=C(O)C(CCO)NC(=O)N1CCS(=O)(=O)CC1. The van der Waals surface area contributed by atoms with E-state index in [0.717, 1.165) is 0 Å². The van der Waals surface area contributed by atoms with Crippen LogP contribution in [0, 0.1) is 0 Å². The highest BCUT2D eigenvalue weighted by Gasteiger charge is 2.27. The Hall–Kier alpha value is -1.35. The van der Waals surface area contributed by atoms with E-state index in [4.69, 9.17) is 10.2 Å². The number of carbonyl (C=O) groups excluding carboxylic acids is 1. The maximum Gasteiger partial charge on any atom is 0.326 e. The van der Waals surface area contributed by atoms with Crippen LogP contribution in [0.4, 0.5) is 4.79 Å². The predicted molar refractivity (Wildman–Crippen MR) is 61.9 cm³/mol. The van der Waals surface area contributed by atoms with Gasteiger partial charge in [0, 0.05) is 26.1 Å². The van der Waals surface area contributed by atoms with Crippen LogP contribution < -0.4 is 5.32 Å². The fourth-order valence-corrected chi connectivity index (χ4v) is 2.74. The molecule has 0 aromatic heterocycles. The van der Waals surface area contributed by atoms with Crippen LogP contribution in [0.2, 0.25) is 0 Å². The van der Waals surface area contributed by atoms with Crippen molar-refractivity contribution in [3.8, 4) is 0 Å². The number of aliphatic hydroxyl groups excluding tert-OH is 1. The Morgan fingerprint density at radius 3 is 2.28 bits per heavy atom. The fourth-order valence-electron chi connectivity index (χ4n) is 1.54. The standard InChI is InChI=1S/C9H16N2O6S/c12-4-1-7(8(13)14)10-9(15)11-2-5-18(16,17)6-3-11/h7,12H,1-6H2,(H,10,15)(H,13,14). The highest BCUT2D eigenvalue weighted by molar-refractivity contribution is 7.91. The Balaban J connectivity index is 2.52. The average molecular weight is 280 g/mol. The normalized spacial score (nSPS) is 20.2. The predicted octanol–water partition coefficient (Wildman–Crippen LogP) is -1.74. The van der Waals surface area contributed by atoms with E-state index < -0.39 is 27.9 Å². The van der Waals surface area contributed by atoms with Gasteiger partial charge in [-0.1, -0.05) is 0 Å². The number of aliphatic carboxylic acids is 1. The van der Waals surface area contributed by atoms with Gasteiger partial charge in [0.25, 0.3) is 0 Å². The summed E-state index contributed by atoms with van der Waals surface area (Å²) in [5, 5.41) is 19.7. The van der Waals surface area contributed by atoms with Crippen molar-refractivity contribution in [3.05, 3.63) is 0 Å². The summed E-state index contributed by atoms with van der Waals surface area (Å²) in [7, 11) is -3.08. The van der Waals surface area contributed by atoms with Gasteiger partial charge < -0.3 is 20.4 Å². The van der Waals surface area contributed by atoms with Crippen molar-refractivity contribution in [1.29, 1.82) is 0 Å². The zero-order valence-electron chi connectivity index (χ0n) is 9.70. The summed E-state index contributed by atoms with van der Waals surface area (Å²) in [6, 6.07) is -1.79. The van der Waals surface area contributed by atoms with Gasteiger partial charge in [0.05, 0.1) is 11.5 Å². The van der Waals surface area contributed by atoms with Crippen molar-refractivity contribution in [2.45, 2.75) is 12.5 Å². The van der Waals surface area contributed by atoms with Crippen molar-refractivity contribution in [3.63, 3.8) is 0 Å². The summed E-state index contributed by atoms with van der Waals surface area (Å²) >= 11 is 0. The lowest BCUT2D eigenvalue weighted by atomic mass is 10.2. The van der Waals surface area contributed by atoms with Gasteiger partial charge in [-0.2, -0.15) is 0 Å². The first-order valence-electron chi connectivity index (χ1n) is 5.45. The van der Waals surface area contributed by atoms with Gasteiger partial charge in [-0.25, -0.2) is 18.0 Å². The first-order valence-corrected chi connectivity index (χ1v) is 7.27. The highest BCUT2D eigenvalue weighted by Crippen LogP contribution is 2.04. The molecule has 0 aromatic rings. The molecule has 9 heteroatoms. The number of carboxylic acids is 1. The molecule has 3 N–H and O–H groups in total. The minimum absolute atomic E-state index is 0.0552. The van der Waals surface area contributed by atoms with Gasteiger partial charge in [-0.15, -0.1) is 0 Å². The largest absolute Gasteiger partial charge is 0.480 e. The first-order chi connectivity index (χ1) is 8.35. The molecule has 1 rings (SSSR count). The summed E-state index contributed by atoms with van der Waals surface area (Å²) in [6.45, 7) is -0.245. The molecule has 1 unspecified atom stereocenters. The lowest BCUT2D eigenvalue weighted by Crippen LogP contribution is -2.52. The molecule has 104 valence electrons. The summed E-state index contributed by atoms with van der Waals surface area (Å²) in [5.41, 5.74) is 0. The van der Waals surface area contributed by atoms with Crippen LogP contribution >= 0.6 is 0 Å². The van der Waals surface area contributed by atoms with E-state index in [1.54, 1.807) is 0 Å². The molecule has 1 aliphatic rings. The smallest absolute Gasteiger partial charge is 0.326 e. The lowest BCUT2D eigenvalue weighted by molar-refractivity contribution is -0.139. The van der Waals surface area contributed by atoms with Gasteiger partial charge in [-0.05, 0) is 0 Å². The minimum Gasteiger partial charge on any atom is -0.480 e. The van der Waals surface area contributed by atoms with E-state index in [9.17, 15) is 18.0 Å². The van der Waals surface area contributed by atoms with E-state index >= 15 is 0 Å². The van der Waals surface area contributed by atoms with Crippen LogP contribution in [0.25, 0.3) is 0 Å². The van der Waals surface area contributed by atoms with Crippen molar-refractivity contribution in [1.82, 2.24) is 10.2 Å². The Kier molecular flexibility index (Phi) is 4.91. The van der Waals surface area contributed by atoms with E-state index in [-0.39, 0.29) is 37.6 Å². The molecule has 8 nitrogen and oxygen atoms in total. The Morgan fingerprint density at radius 1 is 1.28 bits per heavy atom. The molecule has 1 fully saturated rings. The number of urea groups is 1. The number of hydrogen-bond acceptors (Lipinski definition) is 5. The second-order valence-corrected chi connectivity index (χ2v) is 6.30. The third kappa shape index (κ3) is 4.15. The highest BCUT2D eigenvalue weighted by atomic mass is 32.2. The number of rotatable bonds is 4. The van der Waals surface area contributed by atoms with E-state index in [1.807, 2.05) is 0 Å². The first kappa shape index (κ1) is 14.7. The van der Waals surface area contributed by atoms with Crippen molar-refractivity contribution < 1.29 is 28.2 Å². The third-order valence-corrected chi connectivity index (χ3v) is 4.25. The van der Waals surface area contributed by atoms with Gasteiger partial charge >= 0.3 is 12.0 Å². The molecular formula is C9H16N2O6S. The van der Waals surface area contributed by atoms with Crippen LogP contribution in [-0.2, 0) is 14.6 Å². The molecule has 1 atom stereocenters. The number of carboxylic acid groups (broad SMARTS) is 1. The molecule has 1 aliphatic heterocycles. The van der Waals surface area contributed by atoms with Crippen molar-refractivity contribution in [2.75, 3.05) is 31.2 Å². The minimum atomic E-state index is -3.08. The number of nitrogens with one attached hydrogen (secondary N) is 1. The zero-order chi connectivity index (χ0) is 13.8. The molecule has 0 aromatic carbocycles. The number of carbonyl (C=O) groups is 2. The number of nitrogens with zero attached hydrogens (tertiary/aromatic N) is 1. The molecule has 0 aliphatic carbocycles. The van der Waals surface area contributed by atoms with Gasteiger partial charge in [-0.3, -0.25) is 0 Å². The van der Waals surface area contributed by atoms with E-state index in [1.165, 1.54) is 4.90 Å². The average Bonchev–Trinajstić information content (AvgIpc) is 2.28. The molecule has 0 radical (unpaired) electrons. The van der Waals surface area contributed by atoms with Gasteiger partial charge in [0.1, 0.15) is 6.04 Å². The zero-order valence-corrected chi connectivity index (χ0v) is 10.5. The van der Waals surface area contributed by atoms with Gasteiger partial charge in [0.2, 0.25) is 0 Å². The molecule has 18 heavy (non-hydrogen) atoms. The Labute approximate surface area is 104 Å². The number of sulfone groups is 1. The summed E-state index contributed by atoms with van der Waals surface area (Å²) in [4.78, 5) is 23.7. The van der Waals surface area contributed by atoms with Crippen molar-refractivity contribution in [2.24, 2.45) is 0 Å². The second-order valence-electron chi connectivity index (χ2n) is 3.99. The number of aliphatic hydroxyl groups is 1. The van der Waals surface area contributed by atoms with Crippen LogP contribution in [0.3, 0.4) is 0 Å². The van der Waals surface area contributed by atoms with Gasteiger partial charge in [0.15, 0.2) is 9.84 Å². The van der Waals surface area contributed by atoms with Crippen LogP contribution in [-0.4, -0.2) is 72.8 Å². The van der Waals surface area contributed by atoms with Crippen LogP contribution in [0.15, 0.2) is 0 Å². The molecule has 0 saturated carbocycles. The Bertz CT molecular complexity index is 407. The topological polar surface area (TPSA) is 124 Å². The quantitative estimate of drug-likeness (QED) is 0.561. The molecule has 1 heterocycles. The molecule has 1 saturated heterocycles. The van der Waals surface area contributed by atoms with Crippen molar-refractivity contribution >= 4 is 21.8 Å². The maximum atomic E-state index is 11.7. The molecule has 0 spiro atoms. The van der Waals surface area contributed by atoms with Crippen LogP contribution in [0.5, 0.6) is 0 Å².